The quantitative estimate of drug-likeness (QED) is 0.789. The van der Waals surface area contributed by atoms with Crippen LogP contribution in [0.25, 0.3) is 11.1 Å². The molecule has 0 radical (unpaired) electrons. The largest absolute Gasteiger partial charge is 0.464 e. The lowest BCUT2D eigenvalue weighted by Crippen LogP contribution is -2.46. The van der Waals surface area contributed by atoms with E-state index in [0.29, 0.717) is 11.0 Å². The summed E-state index contributed by atoms with van der Waals surface area (Å²) in [4.78, 5) is 0. The van der Waals surface area contributed by atoms with Gasteiger partial charge in [0.1, 0.15) is 0 Å². The summed E-state index contributed by atoms with van der Waals surface area (Å²) >= 11 is 0. The van der Waals surface area contributed by atoms with Crippen molar-refractivity contribution in [3.8, 4) is 11.1 Å². The third-order valence-corrected chi connectivity index (χ3v) is 3.33. The second kappa shape index (κ2) is 4.93. The minimum atomic E-state index is -4.34. The molecule has 1 heterocycles. The van der Waals surface area contributed by atoms with Gasteiger partial charge in [0.2, 0.25) is 0 Å². The molecule has 3 nitrogen and oxygen atoms in total. The van der Waals surface area contributed by atoms with E-state index in [0.717, 1.165) is 23.3 Å². The van der Waals surface area contributed by atoms with Gasteiger partial charge in [-0.05, 0) is 40.4 Å². The molecule has 0 aliphatic carbocycles. The standard InChI is InChI=1S/C14H10BF3N2O/c16-14(17,18)12-4-1-9(2-5-12)10-3-6-13-11(7-10)8-19-20-15(13)21/h1-8,20-21H. The Hall–Kier alpha value is -2.28. The van der Waals surface area contributed by atoms with Crippen molar-refractivity contribution in [3.63, 3.8) is 0 Å². The topological polar surface area (TPSA) is 44.6 Å². The molecule has 2 aromatic carbocycles. The number of hydrogen-bond acceptors (Lipinski definition) is 3. The monoisotopic (exact) mass is 290 g/mol. The molecule has 0 amide bonds. The van der Waals surface area contributed by atoms with Crippen molar-refractivity contribution < 1.29 is 18.2 Å². The number of fused-ring (bicyclic) bond motifs is 1. The van der Waals surface area contributed by atoms with Gasteiger partial charge in [0.05, 0.1) is 11.8 Å². The molecular formula is C14H10BF3N2O. The number of nitrogens with one attached hydrogen (secondary N) is 1. The average Bonchev–Trinajstić information content (AvgIpc) is 2.46. The Morgan fingerprint density at radius 3 is 2.33 bits per heavy atom. The van der Waals surface area contributed by atoms with Gasteiger partial charge in [-0.15, -0.1) is 0 Å². The number of rotatable bonds is 1. The molecule has 1 aliphatic heterocycles. The lowest BCUT2D eigenvalue weighted by Gasteiger charge is -2.15. The van der Waals surface area contributed by atoms with Crippen molar-refractivity contribution >= 4 is 18.7 Å². The van der Waals surface area contributed by atoms with E-state index >= 15 is 0 Å². The van der Waals surface area contributed by atoms with E-state index in [1.807, 2.05) is 0 Å². The molecule has 2 N–H and O–H groups in total. The third-order valence-electron chi connectivity index (χ3n) is 3.33. The van der Waals surface area contributed by atoms with E-state index in [9.17, 15) is 18.2 Å². The van der Waals surface area contributed by atoms with Gasteiger partial charge >= 0.3 is 13.2 Å². The van der Waals surface area contributed by atoms with Gasteiger partial charge in [-0.1, -0.05) is 24.3 Å². The number of benzene rings is 2. The zero-order chi connectivity index (χ0) is 15.0. The SMILES string of the molecule is OB1NN=Cc2cc(-c3ccc(C(F)(F)F)cc3)ccc21. The van der Waals surface area contributed by atoms with E-state index in [1.165, 1.54) is 12.1 Å². The number of alkyl halides is 3. The zero-order valence-corrected chi connectivity index (χ0v) is 10.7. The Morgan fingerprint density at radius 2 is 1.67 bits per heavy atom. The van der Waals surface area contributed by atoms with Crippen LogP contribution in [0.5, 0.6) is 0 Å². The molecule has 3 rings (SSSR count). The minimum absolute atomic E-state index is 0.673. The van der Waals surface area contributed by atoms with E-state index < -0.39 is 18.8 Å². The fourth-order valence-electron chi connectivity index (χ4n) is 2.21. The van der Waals surface area contributed by atoms with E-state index in [-0.39, 0.29) is 0 Å². The summed E-state index contributed by atoms with van der Waals surface area (Å²) in [6.07, 6.45) is -2.77. The summed E-state index contributed by atoms with van der Waals surface area (Å²) in [6.45, 7) is 0. The molecule has 106 valence electrons. The van der Waals surface area contributed by atoms with Crippen molar-refractivity contribution in [2.24, 2.45) is 5.10 Å². The Kier molecular flexibility index (Phi) is 3.21. The second-order valence-electron chi connectivity index (χ2n) is 4.71. The van der Waals surface area contributed by atoms with Gasteiger partial charge in [-0.25, -0.2) is 0 Å². The molecule has 0 bridgehead atoms. The summed E-state index contributed by atoms with van der Waals surface area (Å²) in [5, 5.41) is 16.0. The van der Waals surface area contributed by atoms with Crippen molar-refractivity contribution in [1.82, 2.24) is 5.34 Å². The van der Waals surface area contributed by atoms with Crippen molar-refractivity contribution in [2.75, 3.05) is 0 Å². The molecule has 0 atom stereocenters. The van der Waals surface area contributed by atoms with Crippen LogP contribution in [-0.4, -0.2) is 18.3 Å². The summed E-state index contributed by atoms with van der Waals surface area (Å²) < 4.78 is 37.6. The maximum Gasteiger partial charge on any atom is 0.464 e. The predicted molar refractivity (Wildman–Crippen MR) is 75.2 cm³/mol. The highest BCUT2D eigenvalue weighted by Crippen LogP contribution is 2.31. The van der Waals surface area contributed by atoms with Gasteiger partial charge in [0, 0.05) is 0 Å². The first-order chi connectivity index (χ1) is 9.95. The minimum Gasteiger partial charge on any atom is -0.428 e. The number of hydrazone groups is 1. The van der Waals surface area contributed by atoms with E-state index in [1.54, 1.807) is 24.4 Å². The van der Waals surface area contributed by atoms with Gasteiger partial charge in [-0.3, -0.25) is 0 Å². The molecule has 0 aromatic heterocycles. The van der Waals surface area contributed by atoms with Crippen LogP contribution in [0.4, 0.5) is 13.2 Å². The third kappa shape index (κ3) is 2.64. The van der Waals surface area contributed by atoms with Crippen LogP contribution in [0.15, 0.2) is 47.6 Å². The highest BCUT2D eigenvalue weighted by molar-refractivity contribution is 6.65. The molecular weight excluding hydrogens is 280 g/mol. The summed E-state index contributed by atoms with van der Waals surface area (Å²) in [5.74, 6) is 0. The fourth-order valence-corrected chi connectivity index (χ4v) is 2.21. The van der Waals surface area contributed by atoms with Crippen LogP contribution in [0.1, 0.15) is 11.1 Å². The fraction of sp³-hybridized carbons (Fsp3) is 0.0714. The van der Waals surface area contributed by atoms with Gasteiger partial charge in [0.25, 0.3) is 0 Å². The Bertz CT molecular complexity index is 698. The molecule has 1 aliphatic rings. The average molecular weight is 290 g/mol. The van der Waals surface area contributed by atoms with Crippen molar-refractivity contribution in [3.05, 3.63) is 53.6 Å². The Labute approximate surface area is 119 Å². The van der Waals surface area contributed by atoms with Gasteiger partial charge in [0.15, 0.2) is 0 Å². The molecule has 2 aromatic rings. The molecule has 7 heteroatoms. The van der Waals surface area contributed by atoms with Crippen LogP contribution in [0, 0.1) is 0 Å². The van der Waals surface area contributed by atoms with Crippen LogP contribution in [0.3, 0.4) is 0 Å². The Balaban J connectivity index is 1.97. The molecule has 21 heavy (non-hydrogen) atoms. The zero-order valence-electron chi connectivity index (χ0n) is 10.7. The Morgan fingerprint density at radius 1 is 1.00 bits per heavy atom. The van der Waals surface area contributed by atoms with Gasteiger partial charge < -0.3 is 10.4 Å². The van der Waals surface area contributed by atoms with E-state index in [2.05, 4.69) is 10.4 Å². The first kappa shape index (κ1) is 13.7. The van der Waals surface area contributed by atoms with Crippen LogP contribution in [0.2, 0.25) is 0 Å². The molecule has 0 unspecified atom stereocenters. The summed E-state index contributed by atoms with van der Waals surface area (Å²) in [5.41, 5.74) is 2.18. The lowest BCUT2D eigenvalue weighted by atomic mass is 9.71. The number of hydrogen-bond donors (Lipinski definition) is 2. The highest BCUT2D eigenvalue weighted by atomic mass is 19.4. The van der Waals surface area contributed by atoms with Crippen LogP contribution in [-0.2, 0) is 6.18 Å². The van der Waals surface area contributed by atoms with Crippen LogP contribution < -0.4 is 10.8 Å². The highest BCUT2D eigenvalue weighted by Gasteiger charge is 2.30. The van der Waals surface area contributed by atoms with Crippen LogP contribution >= 0.6 is 0 Å². The van der Waals surface area contributed by atoms with Gasteiger partial charge in [-0.2, -0.15) is 18.3 Å². The van der Waals surface area contributed by atoms with Crippen molar-refractivity contribution in [1.29, 1.82) is 0 Å². The first-order valence-corrected chi connectivity index (χ1v) is 6.23. The maximum absolute atomic E-state index is 12.5. The summed E-state index contributed by atoms with van der Waals surface area (Å²) in [7, 11) is -0.869. The predicted octanol–water partition coefficient (Wildman–Crippen LogP) is 2.00. The molecule has 0 saturated heterocycles. The normalized spacial score (nSPS) is 13.8. The van der Waals surface area contributed by atoms with E-state index in [4.69, 9.17) is 0 Å². The van der Waals surface area contributed by atoms with Crippen molar-refractivity contribution in [2.45, 2.75) is 6.18 Å². The molecule has 0 fully saturated rings. The summed E-state index contributed by atoms with van der Waals surface area (Å²) in [6, 6.07) is 10.2. The second-order valence-corrected chi connectivity index (χ2v) is 4.71. The lowest BCUT2D eigenvalue weighted by molar-refractivity contribution is -0.137. The first-order valence-electron chi connectivity index (χ1n) is 6.23. The molecule has 0 spiro atoms. The molecule has 0 saturated carbocycles. The number of nitrogens with zero attached hydrogens (tertiary/aromatic N) is 1. The number of halogens is 3. The maximum atomic E-state index is 12.5. The smallest absolute Gasteiger partial charge is 0.428 e.